The number of rotatable bonds is 5. The van der Waals surface area contributed by atoms with Crippen LogP contribution in [0.15, 0.2) is 41.8 Å². The molecule has 25 heavy (non-hydrogen) atoms. The quantitative estimate of drug-likeness (QED) is 0.806. The van der Waals surface area contributed by atoms with Crippen LogP contribution in [0.4, 0.5) is 0 Å². The maximum absolute atomic E-state index is 12.6. The topological polar surface area (TPSA) is 78.2 Å². The van der Waals surface area contributed by atoms with Crippen molar-refractivity contribution in [3.8, 4) is 6.07 Å². The third kappa shape index (κ3) is 4.27. The summed E-state index contributed by atoms with van der Waals surface area (Å²) >= 11 is 1.60. The zero-order valence-corrected chi connectivity index (χ0v) is 15.2. The smallest absolute Gasteiger partial charge is 0.238 e. The molecule has 1 aromatic heterocycles. The minimum Gasteiger partial charge on any atom is -0.334 e. The van der Waals surface area contributed by atoms with Gasteiger partial charge in [0.05, 0.1) is 23.4 Å². The van der Waals surface area contributed by atoms with E-state index in [4.69, 9.17) is 5.26 Å². The van der Waals surface area contributed by atoms with E-state index < -0.39 is 15.6 Å². The summed E-state index contributed by atoms with van der Waals surface area (Å²) in [6.07, 6.45) is 1.77. The van der Waals surface area contributed by atoms with Gasteiger partial charge >= 0.3 is 0 Å². The van der Waals surface area contributed by atoms with E-state index in [2.05, 4.69) is 0 Å². The Kier molecular flexibility index (Phi) is 5.21. The van der Waals surface area contributed by atoms with Crippen molar-refractivity contribution in [2.75, 3.05) is 12.3 Å². The van der Waals surface area contributed by atoms with Gasteiger partial charge in [-0.3, -0.25) is 4.79 Å². The van der Waals surface area contributed by atoms with Gasteiger partial charge in [-0.25, -0.2) is 8.42 Å². The van der Waals surface area contributed by atoms with Gasteiger partial charge in [0.15, 0.2) is 9.84 Å². The number of amides is 1. The molecule has 5 nitrogen and oxygen atoms in total. The highest BCUT2D eigenvalue weighted by atomic mass is 32.2. The summed E-state index contributed by atoms with van der Waals surface area (Å²) in [5.74, 6) is -0.999. The predicted molar refractivity (Wildman–Crippen MR) is 96.7 cm³/mol. The molecule has 0 aliphatic carbocycles. The zero-order chi connectivity index (χ0) is 17.9. The van der Waals surface area contributed by atoms with E-state index in [1.807, 2.05) is 23.6 Å². The maximum atomic E-state index is 12.6. The van der Waals surface area contributed by atoms with Crippen LogP contribution in [0.5, 0.6) is 0 Å². The van der Waals surface area contributed by atoms with Crippen LogP contribution in [0.3, 0.4) is 0 Å². The van der Waals surface area contributed by atoms with E-state index in [1.165, 1.54) is 0 Å². The van der Waals surface area contributed by atoms with E-state index >= 15 is 0 Å². The van der Waals surface area contributed by atoms with E-state index in [0.29, 0.717) is 17.7 Å². The molecular weight excluding hydrogens is 356 g/mol. The number of thiophene rings is 1. The van der Waals surface area contributed by atoms with Crippen LogP contribution in [-0.4, -0.2) is 31.5 Å². The standard InChI is InChI=1S/C18H18N2O3S2/c19-11-14-5-7-15(8-6-14)12-25(22,23)13-18(21)20-9-1-3-16(20)17-4-2-10-24-17/h2,4-8,10,16H,1,3,9,12-13H2. The molecule has 0 N–H and O–H groups in total. The summed E-state index contributed by atoms with van der Waals surface area (Å²) < 4.78 is 24.8. The van der Waals surface area contributed by atoms with Gasteiger partial charge < -0.3 is 4.90 Å². The van der Waals surface area contributed by atoms with Gasteiger partial charge in [0, 0.05) is 11.4 Å². The first-order valence-electron chi connectivity index (χ1n) is 8.01. The van der Waals surface area contributed by atoms with Crippen LogP contribution in [0.1, 0.15) is 34.9 Å². The molecule has 2 aromatic rings. The van der Waals surface area contributed by atoms with Gasteiger partial charge in [-0.05, 0) is 42.0 Å². The SMILES string of the molecule is N#Cc1ccc(CS(=O)(=O)CC(=O)N2CCCC2c2cccs2)cc1. The number of hydrogen-bond acceptors (Lipinski definition) is 5. The first kappa shape index (κ1) is 17.6. The fourth-order valence-corrected chi connectivity index (χ4v) is 5.31. The minimum absolute atomic E-state index is 0.00221. The van der Waals surface area contributed by atoms with Crippen molar-refractivity contribution in [2.45, 2.75) is 24.6 Å². The van der Waals surface area contributed by atoms with E-state index in [-0.39, 0.29) is 17.7 Å². The van der Waals surface area contributed by atoms with Crippen LogP contribution in [0.25, 0.3) is 0 Å². The molecular formula is C18H18N2O3S2. The Morgan fingerprint density at radius 3 is 2.68 bits per heavy atom. The first-order valence-corrected chi connectivity index (χ1v) is 10.7. The molecule has 7 heteroatoms. The van der Waals surface area contributed by atoms with Gasteiger partial charge in [-0.1, -0.05) is 18.2 Å². The minimum atomic E-state index is -3.55. The Morgan fingerprint density at radius 1 is 1.28 bits per heavy atom. The number of hydrogen-bond donors (Lipinski definition) is 0. The normalized spacial score (nSPS) is 17.4. The Morgan fingerprint density at radius 2 is 2.04 bits per heavy atom. The Bertz CT molecular complexity index is 881. The molecule has 3 rings (SSSR count). The predicted octanol–water partition coefficient (Wildman–Crippen LogP) is 2.90. The summed E-state index contributed by atoms with van der Waals surface area (Å²) in [4.78, 5) is 15.4. The number of carbonyl (C=O) groups is 1. The number of sulfone groups is 1. The molecule has 1 fully saturated rings. The Labute approximate surface area is 151 Å². The molecule has 1 aliphatic heterocycles. The molecule has 0 saturated carbocycles. The summed E-state index contributed by atoms with van der Waals surface area (Å²) in [5.41, 5.74) is 1.07. The molecule has 1 atom stereocenters. The third-order valence-corrected chi connectivity index (χ3v) is 6.69. The summed E-state index contributed by atoms with van der Waals surface area (Å²) in [6, 6.07) is 12.3. The lowest BCUT2D eigenvalue weighted by molar-refractivity contribution is -0.129. The third-order valence-electron chi connectivity index (χ3n) is 4.26. The van der Waals surface area contributed by atoms with E-state index in [9.17, 15) is 13.2 Å². The lowest BCUT2D eigenvalue weighted by atomic mass is 10.2. The highest BCUT2D eigenvalue weighted by Crippen LogP contribution is 2.34. The zero-order valence-electron chi connectivity index (χ0n) is 13.6. The van der Waals surface area contributed by atoms with Crippen molar-refractivity contribution in [3.63, 3.8) is 0 Å². The molecule has 2 heterocycles. The molecule has 1 unspecified atom stereocenters. The van der Waals surface area contributed by atoms with Crippen LogP contribution in [0.2, 0.25) is 0 Å². The number of benzene rings is 1. The summed E-state index contributed by atoms with van der Waals surface area (Å²) in [7, 11) is -3.55. The summed E-state index contributed by atoms with van der Waals surface area (Å²) in [5, 5.41) is 10.8. The second kappa shape index (κ2) is 7.38. The summed E-state index contributed by atoms with van der Waals surface area (Å²) in [6.45, 7) is 0.605. The van der Waals surface area contributed by atoms with Gasteiger partial charge in [-0.15, -0.1) is 11.3 Å². The lowest BCUT2D eigenvalue weighted by Gasteiger charge is -2.23. The van der Waals surface area contributed by atoms with Crippen LogP contribution >= 0.6 is 11.3 Å². The van der Waals surface area contributed by atoms with Crippen molar-refractivity contribution >= 4 is 27.1 Å². The maximum Gasteiger partial charge on any atom is 0.238 e. The molecule has 1 aliphatic rings. The average molecular weight is 374 g/mol. The van der Waals surface area contributed by atoms with E-state index in [1.54, 1.807) is 40.5 Å². The highest BCUT2D eigenvalue weighted by molar-refractivity contribution is 7.91. The van der Waals surface area contributed by atoms with Gasteiger partial charge in [-0.2, -0.15) is 5.26 Å². The highest BCUT2D eigenvalue weighted by Gasteiger charge is 2.32. The fraction of sp³-hybridized carbons (Fsp3) is 0.333. The number of nitrogens with zero attached hydrogens (tertiary/aromatic N) is 2. The second-order valence-corrected chi connectivity index (χ2v) is 9.15. The van der Waals surface area contributed by atoms with Crippen LogP contribution < -0.4 is 0 Å². The van der Waals surface area contributed by atoms with Crippen LogP contribution in [-0.2, 0) is 20.4 Å². The molecule has 0 spiro atoms. The average Bonchev–Trinajstić information content (AvgIpc) is 3.25. The molecule has 0 bridgehead atoms. The van der Waals surface area contributed by atoms with Crippen molar-refractivity contribution in [1.82, 2.24) is 4.90 Å². The van der Waals surface area contributed by atoms with Gasteiger partial charge in [0.2, 0.25) is 5.91 Å². The number of nitriles is 1. The Hall–Kier alpha value is -2.17. The Balaban J connectivity index is 1.67. The lowest BCUT2D eigenvalue weighted by Crippen LogP contribution is -2.35. The largest absolute Gasteiger partial charge is 0.334 e. The van der Waals surface area contributed by atoms with E-state index in [0.717, 1.165) is 17.7 Å². The molecule has 1 amide bonds. The monoisotopic (exact) mass is 374 g/mol. The number of likely N-dealkylation sites (tertiary alicyclic amines) is 1. The van der Waals surface area contributed by atoms with Crippen molar-refractivity contribution in [3.05, 3.63) is 57.8 Å². The van der Waals surface area contributed by atoms with Crippen molar-refractivity contribution in [2.24, 2.45) is 0 Å². The number of carbonyl (C=O) groups excluding carboxylic acids is 1. The first-order chi connectivity index (χ1) is 12.0. The van der Waals surface area contributed by atoms with Crippen molar-refractivity contribution < 1.29 is 13.2 Å². The van der Waals surface area contributed by atoms with Crippen molar-refractivity contribution in [1.29, 1.82) is 5.26 Å². The molecule has 1 aromatic carbocycles. The molecule has 0 radical (unpaired) electrons. The van der Waals surface area contributed by atoms with Crippen LogP contribution in [0, 0.1) is 11.3 Å². The van der Waals surface area contributed by atoms with Gasteiger partial charge in [0.1, 0.15) is 5.75 Å². The second-order valence-electron chi connectivity index (χ2n) is 6.10. The fourth-order valence-electron chi connectivity index (χ4n) is 3.09. The van der Waals surface area contributed by atoms with Gasteiger partial charge in [0.25, 0.3) is 0 Å². The molecule has 130 valence electrons. The molecule has 1 saturated heterocycles.